The highest BCUT2D eigenvalue weighted by atomic mass is 16.5. The van der Waals surface area contributed by atoms with Crippen LogP contribution in [0.3, 0.4) is 0 Å². The van der Waals surface area contributed by atoms with Crippen molar-refractivity contribution in [1.29, 1.82) is 0 Å². The predicted molar refractivity (Wildman–Crippen MR) is 119 cm³/mol. The molecular weight excluding hydrogens is 392 g/mol. The van der Waals surface area contributed by atoms with Crippen LogP contribution < -0.4 is 10.1 Å². The second-order valence-electron chi connectivity index (χ2n) is 8.58. The highest BCUT2D eigenvalue weighted by molar-refractivity contribution is 6.06. The summed E-state index contributed by atoms with van der Waals surface area (Å²) in [5, 5.41) is 9.89. The van der Waals surface area contributed by atoms with Crippen molar-refractivity contribution in [3.05, 3.63) is 41.1 Å². The molecule has 1 fully saturated rings. The summed E-state index contributed by atoms with van der Waals surface area (Å²) in [6.07, 6.45) is 6.85. The molecule has 0 spiro atoms. The van der Waals surface area contributed by atoms with Crippen molar-refractivity contribution in [1.82, 2.24) is 9.99 Å². The lowest BCUT2D eigenvalue weighted by Gasteiger charge is -2.37. The lowest BCUT2D eigenvalue weighted by molar-refractivity contribution is -0.120. The molecule has 1 N–H and O–H groups in total. The van der Waals surface area contributed by atoms with Gasteiger partial charge in [0.25, 0.3) is 0 Å². The average molecular weight is 421 g/mol. The van der Waals surface area contributed by atoms with E-state index in [0.717, 1.165) is 59.4 Å². The maximum absolute atomic E-state index is 12.9. The first-order valence-corrected chi connectivity index (χ1v) is 10.9. The molecular formula is C24H28N4O3. The van der Waals surface area contributed by atoms with Gasteiger partial charge < -0.3 is 14.8 Å². The third kappa shape index (κ3) is 3.37. The Balaban J connectivity index is 1.54. The number of aryl methyl sites for hydroxylation is 1. The molecule has 4 heterocycles. The Morgan fingerprint density at radius 1 is 1.26 bits per heavy atom. The van der Waals surface area contributed by atoms with Crippen LogP contribution in [0.4, 0.5) is 5.69 Å². The quantitative estimate of drug-likeness (QED) is 0.816. The number of carbonyl (C=O) groups excluding carboxylic acids is 1. The third-order valence-electron chi connectivity index (χ3n) is 6.63. The van der Waals surface area contributed by atoms with Crippen LogP contribution in [0.15, 0.2) is 29.5 Å². The number of hydrogen-bond acceptors (Lipinski definition) is 6. The topological polar surface area (TPSA) is 76.0 Å². The summed E-state index contributed by atoms with van der Waals surface area (Å²) < 4.78 is 11.2. The second kappa shape index (κ2) is 7.96. The number of carbonyl (C=O) groups is 1. The van der Waals surface area contributed by atoms with Crippen LogP contribution in [0.25, 0.3) is 11.1 Å². The smallest absolute Gasteiger partial charge is 0.235 e. The zero-order valence-electron chi connectivity index (χ0n) is 18.2. The van der Waals surface area contributed by atoms with E-state index in [-0.39, 0.29) is 23.9 Å². The molecule has 7 heteroatoms. The van der Waals surface area contributed by atoms with Gasteiger partial charge in [-0.15, -0.1) is 0 Å². The van der Waals surface area contributed by atoms with Crippen LogP contribution in [0.1, 0.15) is 42.0 Å². The fourth-order valence-electron chi connectivity index (χ4n) is 5.09. The van der Waals surface area contributed by atoms with Crippen molar-refractivity contribution < 1.29 is 14.3 Å². The first kappa shape index (κ1) is 20.0. The van der Waals surface area contributed by atoms with Crippen molar-refractivity contribution in [3.63, 3.8) is 0 Å². The molecule has 1 amide bonds. The number of hydrogen-bond donors (Lipinski definition) is 1. The third-order valence-corrected chi connectivity index (χ3v) is 6.63. The number of nitrogens with one attached hydrogen (secondary N) is 1. The minimum absolute atomic E-state index is 0.00352. The van der Waals surface area contributed by atoms with E-state index in [0.29, 0.717) is 12.5 Å². The van der Waals surface area contributed by atoms with E-state index in [4.69, 9.17) is 9.47 Å². The summed E-state index contributed by atoms with van der Waals surface area (Å²) >= 11 is 0. The molecule has 3 atom stereocenters. The molecule has 31 heavy (non-hydrogen) atoms. The summed E-state index contributed by atoms with van der Waals surface area (Å²) in [5.74, 6) is 0.341. The number of rotatable bonds is 3. The first-order chi connectivity index (χ1) is 15.1. The number of ether oxygens (including phenoxy) is 2. The number of amides is 1. The van der Waals surface area contributed by atoms with E-state index in [1.54, 1.807) is 13.3 Å². The molecule has 1 aromatic heterocycles. The molecule has 0 aliphatic carbocycles. The monoisotopic (exact) mass is 420 g/mol. The molecule has 1 aromatic carbocycles. The van der Waals surface area contributed by atoms with E-state index < -0.39 is 0 Å². The van der Waals surface area contributed by atoms with Crippen LogP contribution >= 0.6 is 0 Å². The normalized spacial score (nSPS) is 24.9. The SMILES string of the molecule is COc1ncc(C)c(-c2ccc3c(c2)NC(=O)C2C=NN([C@H]4CCCCOC4)C32)c1C. The van der Waals surface area contributed by atoms with E-state index in [1.165, 1.54) is 0 Å². The van der Waals surface area contributed by atoms with Crippen molar-refractivity contribution in [2.24, 2.45) is 11.0 Å². The number of benzene rings is 1. The molecule has 5 rings (SSSR count). The highest BCUT2D eigenvalue weighted by Crippen LogP contribution is 2.44. The number of methoxy groups -OCH3 is 1. The maximum Gasteiger partial charge on any atom is 0.235 e. The summed E-state index contributed by atoms with van der Waals surface area (Å²) in [6.45, 7) is 5.52. The summed E-state index contributed by atoms with van der Waals surface area (Å²) in [7, 11) is 1.63. The molecule has 0 bridgehead atoms. The zero-order chi connectivity index (χ0) is 21.5. The Kier molecular flexibility index (Phi) is 5.14. The van der Waals surface area contributed by atoms with Gasteiger partial charge >= 0.3 is 0 Å². The van der Waals surface area contributed by atoms with Crippen LogP contribution in [-0.4, -0.2) is 48.5 Å². The maximum atomic E-state index is 12.9. The number of pyridine rings is 1. The fraction of sp³-hybridized carbons (Fsp3) is 0.458. The lowest BCUT2D eigenvalue weighted by atomic mass is 9.86. The predicted octanol–water partition coefficient (Wildman–Crippen LogP) is 3.85. The lowest BCUT2D eigenvalue weighted by Crippen LogP contribution is -2.42. The van der Waals surface area contributed by atoms with Crippen molar-refractivity contribution in [2.75, 3.05) is 25.6 Å². The minimum Gasteiger partial charge on any atom is -0.481 e. The standard InChI is InChI=1S/C24H28N4O3/c1-14-11-25-24(30-3)15(2)21(14)16-7-8-18-20(10-16)27-23(29)19-12-26-28(22(18)19)17-6-4-5-9-31-13-17/h7-8,10-12,17,19,22H,4-6,9,13H2,1-3H3,(H,27,29)/t17-,19?,22?/m0/s1. The summed E-state index contributed by atoms with van der Waals surface area (Å²) in [5.41, 5.74) is 6.14. The van der Waals surface area contributed by atoms with Gasteiger partial charge in [0, 0.05) is 35.8 Å². The van der Waals surface area contributed by atoms with Gasteiger partial charge in [0.15, 0.2) is 0 Å². The Morgan fingerprint density at radius 2 is 2.13 bits per heavy atom. The van der Waals surface area contributed by atoms with Crippen LogP contribution in [0.2, 0.25) is 0 Å². The van der Waals surface area contributed by atoms with Crippen molar-refractivity contribution in [2.45, 2.75) is 45.2 Å². The van der Waals surface area contributed by atoms with Gasteiger partial charge in [0.2, 0.25) is 11.8 Å². The zero-order valence-corrected chi connectivity index (χ0v) is 18.2. The Labute approximate surface area is 182 Å². The Morgan fingerprint density at radius 3 is 2.97 bits per heavy atom. The first-order valence-electron chi connectivity index (χ1n) is 10.9. The number of anilines is 1. The average Bonchev–Trinajstić information content (AvgIpc) is 3.03. The highest BCUT2D eigenvalue weighted by Gasteiger charge is 2.44. The van der Waals surface area contributed by atoms with Crippen molar-refractivity contribution in [3.8, 4) is 17.0 Å². The van der Waals surface area contributed by atoms with Crippen LogP contribution in [-0.2, 0) is 9.53 Å². The van der Waals surface area contributed by atoms with Crippen LogP contribution in [0, 0.1) is 19.8 Å². The number of nitrogens with zero attached hydrogens (tertiary/aromatic N) is 3. The van der Waals surface area contributed by atoms with Gasteiger partial charge in [-0.1, -0.05) is 12.1 Å². The van der Waals surface area contributed by atoms with Crippen molar-refractivity contribution >= 4 is 17.8 Å². The fourth-order valence-corrected chi connectivity index (χ4v) is 5.09. The van der Waals surface area contributed by atoms with E-state index in [1.807, 2.05) is 20.0 Å². The Bertz CT molecular complexity index is 1040. The van der Waals surface area contributed by atoms with Gasteiger partial charge in [0.05, 0.1) is 25.8 Å². The van der Waals surface area contributed by atoms with Gasteiger partial charge in [0.1, 0.15) is 5.92 Å². The minimum atomic E-state index is -0.272. The molecule has 1 saturated heterocycles. The van der Waals surface area contributed by atoms with Gasteiger partial charge in [-0.05, 0) is 55.9 Å². The van der Waals surface area contributed by atoms with Gasteiger partial charge in [-0.25, -0.2) is 4.98 Å². The molecule has 7 nitrogen and oxygen atoms in total. The molecule has 0 radical (unpaired) electrons. The Hall–Kier alpha value is -2.93. The van der Waals surface area contributed by atoms with E-state index in [2.05, 4.69) is 38.6 Å². The summed E-state index contributed by atoms with van der Waals surface area (Å²) in [4.78, 5) is 17.3. The van der Waals surface area contributed by atoms with Crippen LogP contribution in [0.5, 0.6) is 5.88 Å². The van der Waals surface area contributed by atoms with Gasteiger partial charge in [-0.2, -0.15) is 5.10 Å². The van der Waals surface area contributed by atoms with E-state index >= 15 is 0 Å². The molecule has 2 unspecified atom stereocenters. The van der Waals surface area contributed by atoms with E-state index in [9.17, 15) is 4.79 Å². The molecule has 162 valence electrons. The van der Waals surface area contributed by atoms with Gasteiger partial charge in [-0.3, -0.25) is 9.80 Å². The molecule has 3 aliphatic rings. The number of aromatic nitrogens is 1. The number of fused-ring (bicyclic) bond motifs is 3. The molecule has 3 aliphatic heterocycles. The second-order valence-corrected chi connectivity index (χ2v) is 8.58. The molecule has 0 saturated carbocycles. The molecule has 2 aromatic rings. The largest absolute Gasteiger partial charge is 0.481 e. The number of hydrazone groups is 1. The summed E-state index contributed by atoms with van der Waals surface area (Å²) in [6, 6.07) is 6.44.